The number of hydrogen-bond donors (Lipinski definition) is 0. The van der Waals surface area contributed by atoms with Crippen LogP contribution in [0.3, 0.4) is 0 Å². The molecule has 3 aliphatic carbocycles. The van der Waals surface area contributed by atoms with E-state index in [1.807, 2.05) is 18.0 Å². The number of ketones is 1. The van der Waals surface area contributed by atoms with Gasteiger partial charge in [-0.1, -0.05) is 19.4 Å². The van der Waals surface area contributed by atoms with E-state index in [9.17, 15) is 9.59 Å². The SMILES string of the molecule is CN1CC[C@@]2(C)C(=CC1=O)CC[C@H]1[C@@H]3CCC(=O)C3(C)CC[C@@H]12. The fraction of sp³-hybridized carbons (Fsp3) is 0.800. The highest BCUT2D eigenvalue weighted by Gasteiger charge is 2.58. The highest BCUT2D eigenvalue weighted by Crippen LogP contribution is 2.63. The molecule has 1 aliphatic heterocycles. The minimum atomic E-state index is -0.0456. The number of likely N-dealkylation sites (N-methyl/N-ethyl adjacent to an activating group) is 1. The first-order chi connectivity index (χ1) is 10.9. The number of Topliss-reactive ketones (excluding diaryl/α,β-unsaturated/α-hetero) is 1. The van der Waals surface area contributed by atoms with Gasteiger partial charge in [0.05, 0.1) is 0 Å². The van der Waals surface area contributed by atoms with Gasteiger partial charge in [0.25, 0.3) is 0 Å². The zero-order valence-corrected chi connectivity index (χ0v) is 14.7. The molecule has 0 aromatic carbocycles. The Morgan fingerprint density at radius 3 is 2.52 bits per heavy atom. The Bertz CT molecular complexity index is 594. The Morgan fingerprint density at radius 1 is 1.00 bits per heavy atom. The summed E-state index contributed by atoms with van der Waals surface area (Å²) in [6, 6.07) is 0. The Kier molecular flexibility index (Phi) is 3.31. The van der Waals surface area contributed by atoms with E-state index in [0.717, 1.165) is 45.1 Å². The number of amides is 1. The molecule has 0 saturated heterocycles. The molecule has 1 amide bonds. The summed E-state index contributed by atoms with van der Waals surface area (Å²) in [5, 5.41) is 0. The first-order valence-corrected chi connectivity index (χ1v) is 9.36. The van der Waals surface area contributed by atoms with Gasteiger partial charge < -0.3 is 4.90 Å². The molecule has 3 saturated carbocycles. The van der Waals surface area contributed by atoms with Gasteiger partial charge in [0, 0.05) is 31.5 Å². The first kappa shape index (κ1) is 15.4. The summed E-state index contributed by atoms with van der Waals surface area (Å²) >= 11 is 0. The average Bonchev–Trinajstić information content (AvgIpc) is 2.77. The quantitative estimate of drug-likeness (QED) is 0.685. The molecule has 4 aliphatic rings. The van der Waals surface area contributed by atoms with Crippen LogP contribution in [-0.2, 0) is 9.59 Å². The van der Waals surface area contributed by atoms with Crippen molar-refractivity contribution < 1.29 is 9.59 Å². The maximum Gasteiger partial charge on any atom is 0.246 e. The van der Waals surface area contributed by atoms with Crippen molar-refractivity contribution in [3.63, 3.8) is 0 Å². The van der Waals surface area contributed by atoms with E-state index in [4.69, 9.17) is 0 Å². The molecule has 126 valence electrons. The van der Waals surface area contributed by atoms with Crippen molar-refractivity contribution in [1.29, 1.82) is 0 Å². The van der Waals surface area contributed by atoms with Crippen LogP contribution in [0.5, 0.6) is 0 Å². The molecule has 0 radical (unpaired) electrons. The zero-order valence-electron chi connectivity index (χ0n) is 14.7. The lowest BCUT2D eigenvalue weighted by Crippen LogP contribution is -2.49. The second-order valence-corrected chi connectivity index (χ2v) is 8.93. The third-order valence-corrected chi connectivity index (χ3v) is 8.09. The summed E-state index contributed by atoms with van der Waals surface area (Å²) in [6.07, 6.45) is 9.38. The Hall–Kier alpha value is -1.12. The van der Waals surface area contributed by atoms with Gasteiger partial charge in [0.2, 0.25) is 5.91 Å². The van der Waals surface area contributed by atoms with Crippen LogP contribution in [0.25, 0.3) is 0 Å². The molecule has 0 N–H and O–H groups in total. The second-order valence-electron chi connectivity index (χ2n) is 8.93. The smallest absolute Gasteiger partial charge is 0.246 e. The molecule has 3 heteroatoms. The number of hydrogen-bond acceptors (Lipinski definition) is 2. The lowest BCUT2D eigenvalue weighted by molar-refractivity contribution is -0.132. The lowest BCUT2D eigenvalue weighted by atomic mass is 9.48. The van der Waals surface area contributed by atoms with E-state index < -0.39 is 0 Å². The maximum atomic E-state index is 12.4. The Labute approximate surface area is 139 Å². The molecule has 0 spiro atoms. The molecule has 4 rings (SSSR count). The molecule has 1 heterocycles. The van der Waals surface area contributed by atoms with Gasteiger partial charge in [-0.3, -0.25) is 9.59 Å². The molecular formula is C20H29NO2. The Balaban J connectivity index is 1.70. The molecule has 3 fully saturated rings. The van der Waals surface area contributed by atoms with E-state index in [-0.39, 0.29) is 16.7 Å². The van der Waals surface area contributed by atoms with E-state index in [0.29, 0.717) is 23.5 Å². The van der Waals surface area contributed by atoms with Crippen LogP contribution in [0.1, 0.15) is 58.8 Å². The topological polar surface area (TPSA) is 37.4 Å². The highest BCUT2D eigenvalue weighted by molar-refractivity contribution is 5.89. The number of rotatable bonds is 0. The molecule has 5 atom stereocenters. The normalized spacial score (nSPS) is 46.7. The first-order valence-electron chi connectivity index (χ1n) is 9.36. The minimum Gasteiger partial charge on any atom is -0.342 e. The second kappa shape index (κ2) is 4.94. The van der Waals surface area contributed by atoms with Crippen molar-refractivity contribution in [2.75, 3.05) is 13.6 Å². The van der Waals surface area contributed by atoms with Gasteiger partial charge in [0.15, 0.2) is 0 Å². The minimum absolute atomic E-state index is 0.0456. The molecule has 0 aromatic heterocycles. The van der Waals surface area contributed by atoms with Crippen molar-refractivity contribution in [2.24, 2.45) is 28.6 Å². The average molecular weight is 315 g/mol. The van der Waals surface area contributed by atoms with Crippen LogP contribution >= 0.6 is 0 Å². The van der Waals surface area contributed by atoms with E-state index in [2.05, 4.69) is 13.8 Å². The summed E-state index contributed by atoms with van der Waals surface area (Å²) < 4.78 is 0. The largest absolute Gasteiger partial charge is 0.342 e. The van der Waals surface area contributed by atoms with E-state index in [1.54, 1.807) is 0 Å². The standard InChI is InChI=1S/C20H29NO2/c1-19-10-11-21(3)18(23)12-13(19)4-5-14-15-6-7-17(22)20(15,2)9-8-16(14)19/h12,14-16H,4-11H2,1-3H3/t14-,15-,16-,19-,20?/m0/s1. The van der Waals surface area contributed by atoms with Crippen molar-refractivity contribution >= 4 is 11.7 Å². The summed E-state index contributed by atoms with van der Waals surface area (Å²) in [5.41, 5.74) is 1.51. The highest BCUT2D eigenvalue weighted by atomic mass is 16.2. The number of allylic oxidation sites excluding steroid dienone is 1. The van der Waals surface area contributed by atoms with Crippen LogP contribution in [0.2, 0.25) is 0 Å². The van der Waals surface area contributed by atoms with Crippen molar-refractivity contribution in [3.05, 3.63) is 11.6 Å². The number of carbonyl (C=O) groups is 2. The van der Waals surface area contributed by atoms with Gasteiger partial charge in [-0.05, 0) is 61.7 Å². The van der Waals surface area contributed by atoms with Crippen molar-refractivity contribution in [2.45, 2.75) is 58.8 Å². The van der Waals surface area contributed by atoms with Gasteiger partial charge in [-0.15, -0.1) is 0 Å². The van der Waals surface area contributed by atoms with Gasteiger partial charge in [0.1, 0.15) is 5.78 Å². The van der Waals surface area contributed by atoms with Gasteiger partial charge in [-0.25, -0.2) is 0 Å². The van der Waals surface area contributed by atoms with Crippen LogP contribution in [0, 0.1) is 28.6 Å². The fourth-order valence-corrected chi connectivity index (χ4v) is 6.45. The fourth-order valence-electron chi connectivity index (χ4n) is 6.45. The van der Waals surface area contributed by atoms with Crippen molar-refractivity contribution in [1.82, 2.24) is 4.90 Å². The molecule has 3 nitrogen and oxygen atoms in total. The molecule has 23 heavy (non-hydrogen) atoms. The molecule has 1 unspecified atom stereocenters. The third-order valence-electron chi connectivity index (χ3n) is 8.09. The number of carbonyl (C=O) groups excluding carboxylic acids is 2. The monoisotopic (exact) mass is 315 g/mol. The van der Waals surface area contributed by atoms with Crippen LogP contribution in [0.15, 0.2) is 11.6 Å². The molecule has 0 bridgehead atoms. The number of fused-ring (bicyclic) bond motifs is 5. The predicted octanol–water partition coefficient (Wildman–Crippen LogP) is 3.59. The molecular weight excluding hydrogens is 286 g/mol. The van der Waals surface area contributed by atoms with Gasteiger partial charge >= 0.3 is 0 Å². The summed E-state index contributed by atoms with van der Waals surface area (Å²) in [4.78, 5) is 26.6. The van der Waals surface area contributed by atoms with Crippen molar-refractivity contribution in [3.8, 4) is 0 Å². The van der Waals surface area contributed by atoms with Crippen LogP contribution in [-0.4, -0.2) is 30.2 Å². The van der Waals surface area contributed by atoms with Crippen LogP contribution in [0.4, 0.5) is 0 Å². The number of nitrogens with zero attached hydrogens (tertiary/aromatic N) is 1. The predicted molar refractivity (Wildman–Crippen MR) is 89.7 cm³/mol. The summed E-state index contributed by atoms with van der Waals surface area (Å²) in [6.45, 7) is 5.50. The summed E-state index contributed by atoms with van der Waals surface area (Å²) in [5.74, 6) is 2.62. The third kappa shape index (κ3) is 2.01. The maximum absolute atomic E-state index is 12.4. The molecule has 0 aromatic rings. The zero-order chi connectivity index (χ0) is 16.4. The summed E-state index contributed by atoms with van der Waals surface area (Å²) in [7, 11) is 1.92. The van der Waals surface area contributed by atoms with E-state index in [1.165, 1.54) is 12.0 Å². The lowest BCUT2D eigenvalue weighted by Gasteiger charge is -2.55. The van der Waals surface area contributed by atoms with E-state index >= 15 is 0 Å². The van der Waals surface area contributed by atoms with Crippen LogP contribution < -0.4 is 0 Å². The Morgan fingerprint density at radius 2 is 1.74 bits per heavy atom. The van der Waals surface area contributed by atoms with Gasteiger partial charge in [-0.2, -0.15) is 0 Å².